The number of rotatable bonds is 22. The second-order valence-electron chi connectivity index (χ2n) is 32.8. The molecule has 0 aliphatic rings. The topological polar surface area (TPSA) is 677 Å². The smallest absolute Gasteiger partial charge is 0.402 e. The van der Waals surface area contributed by atoms with E-state index in [2.05, 4.69) is 42.5 Å². The van der Waals surface area contributed by atoms with Crippen molar-refractivity contribution in [3.63, 3.8) is 0 Å². The number of phenolic OH excluding ortho intramolecular Hbond substituents is 10. The van der Waals surface area contributed by atoms with Crippen LogP contribution in [0, 0.1) is 0 Å². The summed E-state index contributed by atoms with van der Waals surface area (Å²) in [5, 5.41) is 118. The summed E-state index contributed by atoms with van der Waals surface area (Å²) in [4.78, 5) is 100. The number of anilines is 16. The lowest BCUT2D eigenvalue weighted by atomic mass is 9.75. The first-order valence-electron chi connectivity index (χ1n) is 42.7. The Kier molecular flexibility index (Phi) is 31.0. The summed E-state index contributed by atoms with van der Waals surface area (Å²) in [6.07, 6.45) is -4.73. The average Bonchev–Trinajstić information content (AvgIpc) is 0.750. The molecule has 0 radical (unpaired) electrons. The van der Waals surface area contributed by atoms with Crippen LogP contribution in [0.1, 0.15) is 126 Å². The largest absolute Gasteiger partial charge is 0.506 e. The minimum absolute atomic E-state index is 0.0188. The highest BCUT2D eigenvalue weighted by atomic mass is 32.2. The van der Waals surface area contributed by atoms with Crippen molar-refractivity contribution in [3.8, 4) is 57.5 Å². The number of carbonyl (C=O) groups excluding carboxylic acids is 8. The zero-order chi connectivity index (χ0) is 105. The number of hydrogen-bond acceptors (Lipinski definition) is 28. The van der Waals surface area contributed by atoms with E-state index in [-0.39, 0.29) is 180 Å². The Morgan fingerprint density at radius 1 is 0.229 bits per heavy atom. The SMILES string of the molecule is CC(C)(c1ccc(C(=O)Nc2cc(N)ccc2O)cc1)c1ccc(C(=O)Nc2cc(N)ccc2O)cc1.CC(c1ccc(C(=O)Nc2cc(N)ccc2O)cc1)(c1ccc(C(=O)Nc2cc(N)ccc2O)cc1)C(F)(F)F.Nc1cc(NC(=O)c2cccc(C(=O)Nc3cc(N)c(O)cc3O)c2)c(O)cc1O.Nc1ccc(O)c(NC(=O)c2ccc(S(=O)(=O)c3ccc(C(=O)Nc4cc(N)ccc4O)cc3)cc2)c1. The van der Waals surface area contributed by atoms with Gasteiger partial charge in [-0.05, 0) is 266 Å². The van der Waals surface area contributed by atoms with Crippen LogP contribution >= 0.6 is 0 Å². The summed E-state index contributed by atoms with van der Waals surface area (Å²) < 4.78 is 69.6. The predicted octanol–water partition coefficient (Wildman–Crippen LogP) is 16.5. The van der Waals surface area contributed by atoms with E-state index < -0.39 is 62.3 Å². The molecule has 0 atom stereocenters. The number of nitrogen functional groups attached to an aromatic ring is 8. The molecule has 0 aromatic heterocycles. The van der Waals surface area contributed by atoms with E-state index in [0.29, 0.717) is 45.3 Å². The molecule has 15 aromatic rings. The van der Waals surface area contributed by atoms with Crippen LogP contribution in [0.25, 0.3) is 0 Å². The first-order chi connectivity index (χ1) is 68.0. The Balaban J connectivity index is 0.000000172. The second-order valence-corrected chi connectivity index (χ2v) is 34.8. The Morgan fingerprint density at radius 3 is 0.639 bits per heavy atom. The molecule has 40 heteroatoms. The van der Waals surface area contributed by atoms with Crippen LogP contribution in [0.15, 0.2) is 313 Å². The van der Waals surface area contributed by atoms with Gasteiger partial charge in [-0.2, -0.15) is 13.2 Å². The standard InChI is InChI=1S/C29H25F3N4O4.C29H28N4O4.C26H22N4O6S.C20H18N4O6/c1-28(29(30,31)32,18-6-2-16(3-7-18)26(39)35-22-14-20(33)10-12-24(22)37)19-8-4-17(5-9-19)27(40)36-23-15-21(34)11-13-25(23)38;1-29(2,19-7-3-17(4-8-19)27(36)32-23-15-21(30)11-13-25(23)34)20-9-5-18(6-10-20)28(37)33-24-16-22(31)12-14-26(24)35;27-17-5-11-23(31)21(13-17)29-25(33)15-1-7-19(8-2-15)37(35,36)20-9-3-16(4-10-20)26(34)30-22-14-18(28)6-12-24(22)32;21-11-5-13(17(27)7-15(11)25)23-19(29)9-2-1-3-10(4-9)20(30)24-14-6-12(22)16(26)8-18(14)28/h2-15,37-38H,33-34H2,1H3,(H,35,39)(H,36,40);3-16,34-35H,30-31H2,1-2H3,(H,32,36)(H,33,37);1-14,31-32H,27-28H2,(H,29,33)(H,30,34);1-8,25-28H,21-22H2,(H,23,29)(H,24,30). The van der Waals surface area contributed by atoms with Crippen LogP contribution in [0.3, 0.4) is 0 Å². The summed E-state index contributed by atoms with van der Waals surface area (Å²) in [7, 11) is -3.94. The van der Waals surface area contributed by atoms with Gasteiger partial charge in [-0.3, -0.25) is 38.4 Å². The molecule has 36 nitrogen and oxygen atoms in total. The predicted molar refractivity (Wildman–Crippen MR) is 542 cm³/mol. The maximum absolute atomic E-state index is 14.5. The van der Waals surface area contributed by atoms with Gasteiger partial charge in [0.2, 0.25) is 9.84 Å². The lowest BCUT2D eigenvalue weighted by Gasteiger charge is -2.33. The van der Waals surface area contributed by atoms with Crippen molar-refractivity contribution < 1.29 is 111 Å². The Morgan fingerprint density at radius 2 is 0.424 bits per heavy atom. The summed E-state index contributed by atoms with van der Waals surface area (Å²) in [6.45, 7) is 5.10. The van der Waals surface area contributed by atoms with Crippen molar-refractivity contribution in [1.29, 1.82) is 0 Å². The van der Waals surface area contributed by atoms with Crippen molar-refractivity contribution in [2.24, 2.45) is 0 Å². The molecular formula is C104H93F3N16O20S. The molecular weight excluding hydrogens is 1880 g/mol. The van der Waals surface area contributed by atoms with Crippen molar-refractivity contribution >= 4 is 148 Å². The molecule has 736 valence electrons. The van der Waals surface area contributed by atoms with E-state index in [0.717, 1.165) is 30.2 Å². The van der Waals surface area contributed by atoms with Crippen molar-refractivity contribution in [2.75, 3.05) is 88.4 Å². The zero-order valence-corrected chi connectivity index (χ0v) is 76.9. The van der Waals surface area contributed by atoms with Crippen LogP contribution in [0.5, 0.6) is 57.5 Å². The van der Waals surface area contributed by atoms with E-state index in [1.165, 1.54) is 231 Å². The van der Waals surface area contributed by atoms with Gasteiger partial charge in [-0.1, -0.05) is 68.4 Å². The molecule has 144 heavy (non-hydrogen) atoms. The Bertz CT molecular complexity index is 7160. The fourth-order valence-electron chi connectivity index (χ4n) is 14.0. The molecule has 0 saturated heterocycles. The van der Waals surface area contributed by atoms with Crippen LogP contribution < -0.4 is 88.4 Å². The quantitative estimate of drug-likeness (QED) is 0.0170. The highest BCUT2D eigenvalue weighted by Crippen LogP contribution is 2.47. The van der Waals surface area contributed by atoms with E-state index in [1.807, 2.05) is 38.1 Å². The number of alkyl halides is 3. The molecule has 0 aliphatic carbocycles. The number of amides is 8. The molecule has 15 aromatic carbocycles. The number of sulfone groups is 1. The molecule has 0 saturated carbocycles. The summed E-state index contributed by atoms with van der Waals surface area (Å²) in [5.41, 5.74) is 48.5. The van der Waals surface area contributed by atoms with E-state index in [4.69, 9.17) is 45.9 Å². The third kappa shape index (κ3) is 24.8. The van der Waals surface area contributed by atoms with Crippen LogP contribution in [-0.2, 0) is 20.7 Å². The lowest BCUT2D eigenvalue weighted by Crippen LogP contribution is -2.40. The number of aromatic hydroxyl groups is 10. The van der Waals surface area contributed by atoms with Gasteiger partial charge in [-0.25, -0.2) is 8.42 Å². The summed E-state index contributed by atoms with van der Waals surface area (Å²) in [5.74, 6) is -6.77. The molecule has 15 rings (SSSR count). The molecule has 0 heterocycles. The van der Waals surface area contributed by atoms with Crippen molar-refractivity contribution in [3.05, 3.63) is 370 Å². The van der Waals surface area contributed by atoms with Gasteiger partial charge in [0.25, 0.3) is 47.3 Å². The van der Waals surface area contributed by atoms with Crippen LogP contribution in [0.4, 0.5) is 104 Å². The van der Waals surface area contributed by atoms with Gasteiger partial charge in [0, 0.05) is 96.2 Å². The highest BCUT2D eigenvalue weighted by molar-refractivity contribution is 7.91. The first-order valence-corrected chi connectivity index (χ1v) is 44.2. The molecule has 34 N–H and O–H groups in total. The van der Waals surface area contributed by atoms with Crippen molar-refractivity contribution in [2.45, 2.75) is 47.6 Å². The first kappa shape index (κ1) is 103. The number of phenols is 10. The normalized spacial score (nSPS) is 11.1. The van der Waals surface area contributed by atoms with Crippen LogP contribution in [-0.4, -0.2) is 113 Å². The van der Waals surface area contributed by atoms with Gasteiger partial charge in [0.15, 0.2) is 0 Å². The summed E-state index contributed by atoms with van der Waals surface area (Å²) >= 11 is 0. The average molecular weight is 1980 g/mol. The maximum Gasteiger partial charge on any atom is 0.402 e. The Hall–Kier alpha value is -19.8. The fourth-order valence-corrected chi connectivity index (χ4v) is 15.3. The molecule has 0 bridgehead atoms. The molecule has 0 aliphatic heterocycles. The van der Waals surface area contributed by atoms with Gasteiger partial charge < -0.3 is 139 Å². The van der Waals surface area contributed by atoms with E-state index >= 15 is 0 Å². The fraction of sp³-hybridized carbons (Fsp3) is 0.0577. The van der Waals surface area contributed by atoms with E-state index in [9.17, 15) is 111 Å². The lowest BCUT2D eigenvalue weighted by molar-refractivity contribution is -0.173. The van der Waals surface area contributed by atoms with Crippen molar-refractivity contribution in [1.82, 2.24) is 0 Å². The monoisotopic (exact) mass is 1970 g/mol. The van der Waals surface area contributed by atoms with Crippen LogP contribution in [0.2, 0.25) is 0 Å². The third-order valence-electron chi connectivity index (χ3n) is 22.4. The zero-order valence-electron chi connectivity index (χ0n) is 76.1. The molecule has 0 unspecified atom stereocenters. The molecule has 0 fully saturated rings. The number of nitrogens with two attached hydrogens (primary N) is 8. The summed E-state index contributed by atoms with van der Waals surface area (Å²) in [6, 6.07) is 70.2. The van der Waals surface area contributed by atoms with E-state index in [1.54, 1.807) is 36.4 Å². The number of hydrogen-bond donors (Lipinski definition) is 26. The Labute approximate surface area is 818 Å². The number of benzene rings is 15. The number of nitrogens with one attached hydrogen (secondary N) is 8. The van der Waals surface area contributed by atoms with Gasteiger partial charge in [0.1, 0.15) is 62.9 Å². The number of carbonyl (C=O) groups is 8. The third-order valence-corrected chi connectivity index (χ3v) is 24.2. The van der Waals surface area contributed by atoms with Gasteiger partial charge in [-0.15, -0.1) is 0 Å². The maximum atomic E-state index is 14.5. The molecule has 8 amide bonds. The number of halogens is 3. The minimum atomic E-state index is -4.73. The highest BCUT2D eigenvalue weighted by Gasteiger charge is 2.53. The second kappa shape index (κ2) is 43.3. The minimum Gasteiger partial charge on any atom is -0.506 e. The van der Waals surface area contributed by atoms with Gasteiger partial charge in [0.05, 0.1) is 66.7 Å². The van der Waals surface area contributed by atoms with Gasteiger partial charge >= 0.3 is 6.18 Å². The molecule has 0 spiro atoms.